The topological polar surface area (TPSA) is 12.0 Å². The molecule has 0 amide bonds. The van der Waals surface area contributed by atoms with Gasteiger partial charge in [0.15, 0.2) is 0 Å². The van der Waals surface area contributed by atoms with Crippen molar-refractivity contribution in [2.75, 3.05) is 0 Å². The van der Waals surface area contributed by atoms with E-state index >= 15 is 0 Å². The highest BCUT2D eigenvalue weighted by molar-refractivity contribution is 6.30. The third kappa shape index (κ3) is 2.78. The van der Waals surface area contributed by atoms with Gasteiger partial charge in [-0.15, -0.1) is 0 Å². The van der Waals surface area contributed by atoms with Crippen LogP contribution in [-0.2, 0) is 0 Å². The van der Waals surface area contributed by atoms with Crippen molar-refractivity contribution in [1.29, 1.82) is 0 Å². The molecule has 1 saturated carbocycles. The highest BCUT2D eigenvalue weighted by Crippen LogP contribution is 2.38. The van der Waals surface area contributed by atoms with Crippen molar-refractivity contribution < 1.29 is 0 Å². The molecular formula is C16H20ClN. The Kier molecular flexibility index (Phi) is 3.72. The van der Waals surface area contributed by atoms with Crippen molar-refractivity contribution in [3.05, 3.63) is 47.0 Å². The van der Waals surface area contributed by atoms with Crippen LogP contribution in [0.15, 0.2) is 36.4 Å². The first kappa shape index (κ1) is 12.3. The Morgan fingerprint density at radius 3 is 2.72 bits per heavy atom. The lowest BCUT2D eigenvalue weighted by atomic mass is 9.75. The van der Waals surface area contributed by atoms with Gasteiger partial charge in [-0.3, -0.25) is 0 Å². The van der Waals surface area contributed by atoms with Gasteiger partial charge in [-0.2, -0.15) is 0 Å². The molecule has 1 unspecified atom stereocenters. The van der Waals surface area contributed by atoms with Crippen LogP contribution in [0, 0.1) is 0 Å². The molecule has 2 aliphatic rings. The van der Waals surface area contributed by atoms with Crippen molar-refractivity contribution in [1.82, 2.24) is 5.32 Å². The largest absolute Gasteiger partial charge is 0.311 e. The SMILES string of the molecule is Clc1cccc(C2CC(NC3CC=CCC3)C2)c1. The van der Waals surface area contributed by atoms with Gasteiger partial charge in [0, 0.05) is 17.1 Å². The lowest BCUT2D eigenvalue weighted by Gasteiger charge is -2.39. The lowest BCUT2D eigenvalue weighted by Crippen LogP contribution is -2.45. The van der Waals surface area contributed by atoms with Crippen molar-refractivity contribution >= 4 is 11.6 Å². The van der Waals surface area contributed by atoms with E-state index < -0.39 is 0 Å². The van der Waals surface area contributed by atoms with Crippen LogP contribution in [0.3, 0.4) is 0 Å². The molecule has 0 aliphatic heterocycles. The number of hydrogen-bond donors (Lipinski definition) is 1. The second-order valence-electron chi connectivity index (χ2n) is 5.57. The number of rotatable bonds is 3. The molecule has 0 radical (unpaired) electrons. The fourth-order valence-corrected chi connectivity index (χ4v) is 3.26. The Morgan fingerprint density at radius 2 is 2.00 bits per heavy atom. The fourth-order valence-electron chi connectivity index (χ4n) is 3.06. The van der Waals surface area contributed by atoms with Gasteiger partial charge in [0.05, 0.1) is 0 Å². The summed E-state index contributed by atoms with van der Waals surface area (Å²) in [6.07, 6.45) is 10.9. The monoisotopic (exact) mass is 261 g/mol. The van der Waals surface area contributed by atoms with Gasteiger partial charge in [0.25, 0.3) is 0 Å². The van der Waals surface area contributed by atoms with Gasteiger partial charge in [-0.1, -0.05) is 35.9 Å². The first-order valence-corrected chi connectivity index (χ1v) is 7.35. The predicted octanol–water partition coefficient (Wildman–Crippen LogP) is 4.28. The van der Waals surface area contributed by atoms with Crippen LogP contribution in [0.1, 0.15) is 43.6 Å². The summed E-state index contributed by atoms with van der Waals surface area (Å²) in [7, 11) is 0. The number of hydrogen-bond acceptors (Lipinski definition) is 1. The molecule has 96 valence electrons. The molecule has 0 aromatic heterocycles. The molecule has 1 aromatic rings. The molecule has 18 heavy (non-hydrogen) atoms. The lowest BCUT2D eigenvalue weighted by molar-refractivity contribution is 0.257. The molecule has 0 heterocycles. The second-order valence-corrected chi connectivity index (χ2v) is 6.00. The van der Waals surface area contributed by atoms with E-state index in [0.717, 1.165) is 5.02 Å². The Morgan fingerprint density at radius 1 is 1.11 bits per heavy atom. The number of nitrogens with one attached hydrogen (secondary N) is 1. The highest BCUT2D eigenvalue weighted by atomic mass is 35.5. The number of halogens is 1. The molecule has 0 bridgehead atoms. The third-order valence-corrected chi connectivity index (χ3v) is 4.43. The van der Waals surface area contributed by atoms with Gasteiger partial charge in [-0.05, 0) is 55.7 Å². The van der Waals surface area contributed by atoms with Gasteiger partial charge < -0.3 is 5.32 Å². The molecule has 1 N–H and O–H groups in total. The van der Waals surface area contributed by atoms with E-state index in [1.54, 1.807) is 0 Å². The van der Waals surface area contributed by atoms with Crippen molar-refractivity contribution in [3.63, 3.8) is 0 Å². The van der Waals surface area contributed by atoms with E-state index in [2.05, 4.69) is 35.7 Å². The van der Waals surface area contributed by atoms with Crippen LogP contribution in [0.4, 0.5) is 0 Å². The Bertz CT molecular complexity index is 434. The molecule has 1 nitrogen and oxygen atoms in total. The van der Waals surface area contributed by atoms with Crippen LogP contribution < -0.4 is 5.32 Å². The Hall–Kier alpha value is -0.790. The summed E-state index contributed by atoms with van der Waals surface area (Å²) in [6, 6.07) is 9.76. The van der Waals surface area contributed by atoms with E-state index in [9.17, 15) is 0 Å². The zero-order valence-corrected chi connectivity index (χ0v) is 11.4. The zero-order valence-electron chi connectivity index (χ0n) is 10.6. The van der Waals surface area contributed by atoms with Crippen molar-refractivity contribution in [2.24, 2.45) is 0 Å². The summed E-state index contributed by atoms with van der Waals surface area (Å²) in [5.74, 6) is 0.709. The summed E-state index contributed by atoms with van der Waals surface area (Å²) in [4.78, 5) is 0. The van der Waals surface area contributed by atoms with E-state index in [1.807, 2.05) is 6.07 Å². The maximum absolute atomic E-state index is 6.04. The molecule has 1 aromatic carbocycles. The molecule has 2 heteroatoms. The van der Waals surface area contributed by atoms with E-state index in [0.29, 0.717) is 18.0 Å². The summed E-state index contributed by atoms with van der Waals surface area (Å²) >= 11 is 6.04. The highest BCUT2D eigenvalue weighted by Gasteiger charge is 2.31. The molecular weight excluding hydrogens is 242 g/mol. The minimum Gasteiger partial charge on any atom is -0.311 e. The van der Waals surface area contributed by atoms with Crippen molar-refractivity contribution in [3.8, 4) is 0 Å². The molecule has 0 saturated heterocycles. The van der Waals surface area contributed by atoms with Gasteiger partial charge in [0.1, 0.15) is 0 Å². The molecule has 1 atom stereocenters. The van der Waals surface area contributed by atoms with E-state index in [4.69, 9.17) is 11.6 Å². The Balaban J connectivity index is 1.49. The molecule has 0 spiro atoms. The van der Waals surface area contributed by atoms with Gasteiger partial charge in [0.2, 0.25) is 0 Å². The maximum atomic E-state index is 6.04. The van der Waals surface area contributed by atoms with E-state index in [1.165, 1.54) is 37.7 Å². The first-order valence-electron chi connectivity index (χ1n) is 6.98. The molecule has 2 aliphatic carbocycles. The van der Waals surface area contributed by atoms with Crippen LogP contribution in [0.5, 0.6) is 0 Å². The van der Waals surface area contributed by atoms with Crippen LogP contribution >= 0.6 is 11.6 Å². The normalized spacial score (nSPS) is 31.1. The summed E-state index contributed by atoms with van der Waals surface area (Å²) in [6.45, 7) is 0. The second kappa shape index (κ2) is 5.46. The Labute approximate surface area is 114 Å². The smallest absolute Gasteiger partial charge is 0.0408 e. The number of benzene rings is 1. The summed E-state index contributed by atoms with van der Waals surface area (Å²) < 4.78 is 0. The van der Waals surface area contributed by atoms with E-state index in [-0.39, 0.29) is 0 Å². The minimum atomic E-state index is 0.709. The fraction of sp³-hybridized carbons (Fsp3) is 0.500. The maximum Gasteiger partial charge on any atom is 0.0408 e. The van der Waals surface area contributed by atoms with Crippen molar-refractivity contribution in [2.45, 2.75) is 50.1 Å². The summed E-state index contributed by atoms with van der Waals surface area (Å²) in [5, 5.41) is 4.65. The average molecular weight is 262 g/mol. The molecule has 1 fully saturated rings. The standard InChI is InChI=1S/C16H20ClN/c17-14-6-4-5-12(9-14)13-10-16(11-13)18-15-7-2-1-3-8-15/h1-2,4-6,9,13,15-16,18H,3,7-8,10-11H2. The van der Waals surface area contributed by atoms with Gasteiger partial charge in [-0.25, -0.2) is 0 Å². The van der Waals surface area contributed by atoms with Gasteiger partial charge >= 0.3 is 0 Å². The van der Waals surface area contributed by atoms with Crippen LogP contribution in [0.2, 0.25) is 5.02 Å². The predicted molar refractivity (Wildman–Crippen MR) is 77.1 cm³/mol. The number of allylic oxidation sites excluding steroid dienone is 1. The minimum absolute atomic E-state index is 0.709. The summed E-state index contributed by atoms with van der Waals surface area (Å²) in [5.41, 5.74) is 1.41. The molecule has 3 rings (SSSR count). The van der Waals surface area contributed by atoms with Crippen LogP contribution in [-0.4, -0.2) is 12.1 Å². The zero-order chi connectivity index (χ0) is 12.4. The first-order chi connectivity index (χ1) is 8.81. The van der Waals surface area contributed by atoms with Crippen LogP contribution in [0.25, 0.3) is 0 Å². The third-order valence-electron chi connectivity index (χ3n) is 4.20. The quantitative estimate of drug-likeness (QED) is 0.801. The average Bonchev–Trinajstić information content (AvgIpc) is 2.34.